The predicted molar refractivity (Wildman–Crippen MR) is 55.2 cm³/mol. The van der Waals surface area contributed by atoms with Crippen molar-refractivity contribution in [3.63, 3.8) is 0 Å². The van der Waals surface area contributed by atoms with E-state index in [0.717, 1.165) is 22.4 Å². The van der Waals surface area contributed by atoms with Crippen LogP contribution in [-0.4, -0.2) is 11.2 Å². The van der Waals surface area contributed by atoms with Crippen LogP contribution in [0.3, 0.4) is 0 Å². The summed E-state index contributed by atoms with van der Waals surface area (Å²) >= 11 is 3.35. The second-order valence-corrected chi connectivity index (χ2v) is 3.75. The summed E-state index contributed by atoms with van der Waals surface area (Å²) in [5.74, 6) is 0.748. The third kappa shape index (κ3) is 2.71. The number of rotatable bonds is 3. The number of hydrogen-bond acceptors (Lipinski definition) is 2. The highest BCUT2D eigenvalue weighted by Gasteiger charge is 2.06. The van der Waals surface area contributed by atoms with Gasteiger partial charge >= 0.3 is 0 Å². The number of hydrogen-bond donors (Lipinski definition) is 1. The molecule has 0 spiro atoms. The van der Waals surface area contributed by atoms with Crippen molar-refractivity contribution in [2.75, 3.05) is 0 Å². The molecule has 0 saturated carbocycles. The molecule has 1 aromatic rings. The molecule has 0 aliphatic heterocycles. The van der Waals surface area contributed by atoms with Gasteiger partial charge in [0.15, 0.2) is 0 Å². The number of benzene rings is 1. The fourth-order valence-electron chi connectivity index (χ4n) is 0.972. The summed E-state index contributed by atoms with van der Waals surface area (Å²) in [5.41, 5.74) is 0.721. The fraction of sp³-hybridized carbons (Fsp3) is 0.300. The Balaban J connectivity index is 2.94. The smallest absolute Gasteiger partial charge is 0.134 e. The van der Waals surface area contributed by atoms with E-state index in [0.29, 0.717) is 0 Å². The second kappa shape index (κ2) is 4.63. The summed E-state index contributed by atoms with van der Waals surface area (Å²) in [6.45, 7) is 4.97. The Morgan fingerprint density at radius 3 is 2.69 bits per heavy atom. The van der Waals surface area contributed by atoms with Crippen molar-refractivity contribution in [3.05, 3.63) is 34.8 Å². The Labute approximate surface area is 86.7 Å². The molecule has 0 heterocycles. The molecule has 1 radical (unpaired) electrons. The quantitative estimate of drug-likeness (QED) is 0.885. The molecule has 0 aliphatic carbocycles. The molecule has 1 aromatic carbocycles. The first-order chi connectivity index (χ1) is 6.15. The number of halogens is 1. The molecule has 0 atom stereocenters. The zero-order chi connectivity index (χ0) is 9.84. The molecule has 3 heteroatoms. The molecule has 0 amide bonds. The third-order valence-corrected chi connectivity index (χ3v) is 2.34. The Bertz CT molecular complexity index is 284. The van der Waals surface area contributed by atoms with Gasteiger partial charge in [0.25, 0.3) is 0 Å². The van der Waals surface area contributed by atoms with E-state index in [4.69, 9.17) is 9.84 Å². The topological polar surface area (TPSA) is 29.5 Å². The van der Waals surface area contributed by atoms with Gasteiger partial charge in [-0.05, 0) is 35.8 Å². The largest absolute Gasteiger partial charge is 0.490 e. The minimum absolute atomic E-state index is 0.130. The normalized spacial score (nSPS) is 10.5. The van der Waals surface area contributed by atoms with Gasteiger partial charge in [-0.1, -0.05) is 12.1 Å². The van der Waals surface area contributed by atoms with Gasteiger partial charge in [0.05, 0.1) is 10.6 Å². The van der Waals surface area contributed by atoms with E-state index < -0.39 is 0 Å². The number of aliphatic hydroxyl groups excluding tert-OH is 1. The summed E-state index contributed by atoms with van der Waals surface area (Å²) < 4.78 is 6.29. The van der Waals surface area contributed by atoms with Crippen LogP contribution < -0.4 is 4.74 Å². The van der Waals surface area contributed by atoms with Crippen LogP contribution in [0.4, 0.5) is 0 Å². The van der Waals surface area contributed by atoms with E-state index in [1.165, 1.54) is 0 Å². The maximum atomic E-state index is 8.87. The van der Waals surface area contributed by atoms with Crippen molar-refractivity contribution >= 4 is 15.9 Å². The number of aliphatic hydroxyl groups is 1. The van der Waals surface area contributed by atoms with Gasteiger partial charge in [0.1, 0.15) is 12.4 Å². The molecule has 0 unspecified atom stereocenters. The van der Waals surface area contributed by atoms with Crippen LogP contribution >= 0.6 is 15.9 Å². The van der Waals surface area contributed by atoms with E-state index in [-0.39, 0.29) is 6.10 Å². The average Bonchev–Trinajstić information content (AvgIpc) is 2.08. The van der Waals surface area contributed by atoms with E-state index >= 15 is 0 Å². The van der Waals surface area contributed by atoms with Crippen molar-refractivity contribution in [2.24, 2.45) is 0 Å². The Morgan fingerprint density at radius 2 is 2.15 bits per heavy atom. The van der Waals surface area contributed by atoms with Gasteiger partial charge in [-0.3, -0.25) is 0 Å². The summed E-state index contributed by atoms with van der Waals surface area (Å²) in [6.07, 6.45) is 0.130. The standard InChI is InChI=1S/C10H12BrO2/c1-7(2)13-9-5-3-4-8(6-12)10(9)11/h3-7,12H,1-2H3. The highest BCUT2D eigenvalue weighted by atomic mass is 79.9. The van der Waals surface area contributed by atoms with Crippen LogP contribution in [-0.2, 0) is 0 Å². The summed E-state index contributed by atoms with van der Waals surface area (Å²) in [4.78, 5) is 0. The molecule has 0 fully saturated rings. The minimum Gasteiger partial charge on any atom is -0.490 e. The van der Waals surface area contributed by atoms with Crippen LogP contribution in [0.25, 0.3) is 0 Å². The lowest BCUT2D eigenvalue weighted by Crippen LogP contribution is -2.06. The molecule has 0 saturated heterocycles. The second-order valence-electron chi connectivity index (χ2n) is 2.96. The fourth-order valence-corrected chi connectivity index (χ4v) is 1.43. The average molecular weight is 244 g/mol. The van der Waals surface area contributed by atoms with Crippen molar-refractivity contribution in [1.29, 1.82) is 0 Å². The molecule has 2 nitrogen and oxygen atoms in total. The van der Waals surface area contributed by atoms with Gasteiger partial charge < -0.3 is 9.84 Å². The zero-order valence-electron chi connectivity index (χ0n) is 7.62. The molecule has 13 heavy (non-hydrogen) atoms. The van der Waals surface area contributed by atoms with Gasteiger partial charge in [-0.25, -0.2) is 0 Å². The highest BCUT2D eigenvalue weighted by Crippen LogP contribution is 2.29. The van der Waals surface area contributed by atoms with Gasteiger partial charge in [0, 0.05) is 5.56 Å². The molecular weight excluding hydrogens is 232 g/mol. The Morgan fingerprint density at radius 1 is 1.46 bits per heavy atom. The van der Waals surface area contributed by atoms with Gasteiger partial charge in [-0.2, -0.15) is 0 Å². The SMILES string of the molecule is CC(C)Oc1cccc([CH]O)c1Br. The monoisotopic (exact) mass is 243 g/mol. The first-order valence-corrected chi connectivity index (χ1v) is 4.87. The first-order valence-electron chi connectivity index (χ1n) is 4.07. The van der Waals surface area contributed by atoms with E-state index in [9.17, 15) is 0 Å². The molecule has 0 bridgehead atoms. The van der Waals surface area contributed by atoms with Gasteiger partial charge in [0.2, 0.25) is 0 Å². The minimum atomic E-state index is 0.130. The van der Waals surface area contributed by atoms with Crippen molar-refractivity contribution in [1.82, 2.24) is 0 Å². The lowest BCUT2D eigenvalue weighted by molar-refractivity contribution is 0.240. The van der Waals surface area contributed by atoms with Crippen LogP contribution in [0, 0.1) is 6.61 Å². The van der Waals surface area contributed by atoms with Crippen molar-refractivity contribution < 1.29 is 9.84 Å². The van der Waals surface area contributed by atoms with E-state index in [1.807, 2.05) is 26.0 Å². The molecule has 0 aromatic heterocycles. The molecular formula is C10H12BrO2. The van der Waals surface area contributed by atoms with Gasteiger partial charge in [-0.15, -0.1) is 0 Å². The lowest BCUT2D eigenvalue weighted by Gasteiger charge is -2.12. The van der Waals surface area contributed by atoms with Crippen LogP contribution in [0.1, 0.15) is 19.4 Å². The molecule has 1 rings (SSSR count). The Hall–Kier alpha value is -0.540. The summed E-state index contributed by atoms with van der Waals surface area (Å²) in [7, 11) is 0. The van der Waals surface area contributed by atoms with E-state index in [1.54, 1.807) is 6.07 Å². The lowest BCUT2D eigenvalue weighted by atomic mass is 10.2. The zero-order valence-corrected chi connectivity index (χ0v) is 9.21. The van der Waals surface area contributed by atoms with Crippen LogP contribution in [0.15, 0.2) is 22.7 Å². The first kappa shape index (κ1) is 10.5. The Kier molecular flexibility index (Phi) is 3.75. The molecule has 1 N–H and O–H groups in total. The molecule has 0 aliphatic rings. The summed E-state index contributed by atoms with van der Waals surface area (Å²) in [5, 5.41) is 8.87. The predicted octanol–water partition coefficient (Wildman–Crippen LogP) is 3.12. The van der Waals surface area contributed by atoms with E-state index in [2.05, 4.69) is 15.9 Å². The maximum absolute atomic E-state index is 8.87. The highest BCUT2D eigenvalue weighted by molar-refractivity contribution is 9.10. The number of ether oxygens (including phenoxy) is 1. The van der Waals surface area contributed by atoms with Crippen LogP contribution in [0.2, 0.25) is 0 Å². The van der Waals surface area contributed by atoms with Crippen molar-refractivity contribution in [2.45, 2.75) is 20.0 Å². The molecule has 71 valence electrons. The maximum Gasteiger partial charge on any atom is 0.134 e. The summed E-state index contributed by atoms with van der Waals surface area (Å²) in [6, 6.07) is 5.50. The third-order valence-electron chi connectivity index (χ3n) is 1.49. The van der Waals surface area contributed by atoms with Crippen molar-refractivity contribution in [3.8, 4) is 5.75 Å². The van der Waals surface area contributed by atoms with Crippen LogP contribution in [0.5, 0.6) is 5.75 Å².